The Balaban J connectivity index is 1.69. The largest absolute Gasteiger partial charge is 0.390 e. The van der Waals surface area contributed by atoms with E-state index in [1.807, 2.05) is 0 Å². The van der Waals surface area contributed by atoms with Gasteiger partial charge in [-0.2, -0.15) is 0 Å². The molecule has 4 rings (SSSR count). The van der Waals surface area contributed by atoms with Crippen LogP contribution >= 0.6 is 0 Å². The van der Waals surface area contributed by atoms with E-state index in [1.165, 1.54) is 5.57 Å². The van der Waals surface area contributed by atoms with Crippen molar-refractivity contribution in [3.8, 4) is 0 Å². The molecule has 2 fully saturated rings. The summed E-state index contributed by atoms with van der Waals surface area (Å²) in [6.07, 6.45) is 14.4. The molecule has 44 heavy (non-hydrogen) atoms. The predicted octanol–water partition coefficient (Wildman–Crippen LogP) is 9.64. The molecule has 0 aromatic carbocycles. The molecule has 0 N–H and O–H groups in total. The van der Waals surface area contributed by atoms with Crippen LogP contribution in [0, 0.1) is 22.7 Å². The summed E-state index contributed by atoms with van der Waals surface area (Å²) in [7, 11) is -0.775. The van der Waals surface area contributed by atoms with Crippen LogP contribution in [0.2, 0.25) is 36.3 Å². The summed E-state index contributed by atoms with van der Waals surface area (Å²) in [6, 6.07) is 0. The van der Waals surface area contributed by atoms with E-state index >= 15 is 0 Å². The lowest BCUT2D eigenvalue weighted by Crippen LogP contribution is -2.67. The van der Waals surface area contributed by atoms with Gasteiger partial charge in [-0.15, -0.1) is 0 Å². The highest BCUT2D eigenvalue weighted by Gasteiger charge is 2.66. The second-order valence-corrected chi connectivity index (χ2v) is 27.5. The fourth-order valence-corrected chi connectivity index (χ4v) is 11.1. The van der Waals surface area contributed by atoms with Crippen LogP contribution < -0.4 is 0 Å². The highest BCUT2D eigenvalue weighted by Crippen LogP contribution is 2.68. The van der Waals surface area contributed by atoms with Gasteiger partial charge in [-0.25, -0.2) is 0 Å². The number of fused-ring (bicyclic) bond motifs is 5. The van der Waals surface area contributed by atoms with Crippen molar-refractivity contribution in [1.29, 1.82) is 0 Å². The minimum absolute atomic E-state index is 0.0908. The van der Waals surface area contributed by atoms with E-state index < -0.39 is 22.4 Å². The Morgan fingerprint density at radius 3 is 2.07 bits per heavy atom. The van der Waals surface area contributed by atoms with Crippen molar-refractivity contribution >= 4 is 22.5 Å². The number of nitrogens with zero attached hydrogens (tertiary/aromatic N) is 1. The molecule has 2 saturated carbocycles. The normalized spacial score (nSPS) is 30.5. The zero-order valence-corrected chi connectivity index (χ0v) is 32.8. The van der Waals surface area contributed by atoms with Crippen molar-refractivity contribution in [1.82, 2.24) is 4.90 Å². The average Bonchev–Trinajstić information content (AvgIpc) is 3.21. The summed E-state index contributed by atoms with van der Waals surface area (Å²) in [5, 5.41) is 0.183. The minimum Gasteiger partial charge on any atom is -0.390 e. The standard InChI is InChI=1S/C37H65NO4Si2/c1-33(2,3)43(11,12)41-37(42-44(13,14)34(4,5)6)23-15-16-27-17-19-29-30-20-18-28(26-40-25-22-32(39)38(9)10)35(30,7)24-21-31(29)36(27,37)8/h17-19,30-31H,15-16,20-26H2,1-14H3/t30-,31-,35+,36-/m0/s1. The van der Waals surface area contributed by atoms with Gasteiger partial charge in [0, 0.05) is 25.9 Å². The van der Waals surface area contributed by atoms with E-state index in [2.05, 4.69) is 99.8 Å². The highest BCUT2D eigenvalue weighted by molar-refractivity contribution is 6.75. The molecule has 1 amide bonds. The number of hydrogen-bond donors (Lipinski definition) is 0. The van der Waals surface area contributed by atoms with Crippen LogP contribution in [0.25, 0.3) is 0 Å². The molecule has 7 heteroatoms. The van der Waals surface area contributed by atoms with Crippen molar-refractivity contribution in [2.45, 2.75) is 142 Å². The van der Waals surface area contributed by atoms with Gasteiger partial charge in [0.25, 0.3) is 0 Å². The van der Waals surface area contributed by atoms with Crippen LogP contribution in [-0.4, -0.2) is 60.5 Å². The van der Waals surface area contributed by atoms with E-state index in [1.54, 1.807) is 30.1 Å². The third-order valence-electron chi connectivity index (χ3n) is 13.1. The molecule has 0 bridgehead atoms. The number of ether oxygens (including phenoxy) is 1. The number of carbonyl (C=O) groups excluding carboxylic acids is 1. The topological polar surface area (TPSA) is 48.0 Å². The molecule has 4 aliphatic carbocycles. The Morgan fingerprint density at radius 2 is 1.52 bits per heavy atom. The average molecular weight is 644 g/mol. The number of rotatable bonds is 9. The zero-order valence-electron chi connectivity index (χ0n) is 30.8. The van der Waals surface area contributed by atoms with Gasteiger partial charge in [-0.05, 0) is 91.2 Å². The quantitative estimate of drug-likeness (QED) is 0.109. The molecule has 0 spiro atoms. The number of allylic oxidation sites excluding steroid dienone is 4. The molecule has 0 aliphatic heterocycles. The number of carbonyl (C=O) groups is 1. The smallest absolute Gasteiger partial charge is 0.224 e. The Labute approximate surface area is 272 Å². The van der Waals surface area contributed by atoms with Gasteiger partial charge in [0.1, 0.15) is 0 Å². The van der Waals surface area contributed by atoms with Crippen LogP contribution in [0.4, 0.5) is 0 Å². The summed E-state index contributed by atoms with van der Waals surface area (Å²) in [6.45, 7) is 30.0. The van der Waals surface area contributed by atoms with Crippen LogP contribution in [0.1, 0.15) is 100 Å². The summed E-state index contributed by atoms with van der Waals surface area (Å²) in [5.74, 6) is 0.367. The molecule has 4 aliphatic rings. The predicted molar refractivity (Wildman–Crippen MR) is 189 cm³/mol. The van der Waals surface area contributed by atoms with Gasteiger partial charge in [0.15, 0.2) is 22.4 Å². The van der Waals surface area contributed by atoms with Crippen molar-refractivity contribution < 1.29 is 18.4 Å². The maximum Gasteiger partial charge on any atom is 0.224 e. The highest BCUT2D eigenvalue weighted by atomic mass is 28.4. The van der Waals surface area contributed by atoms with Gasteiger partial charge in [-0.3, -0.25) is 4.79 Å². The van der Waals surface area contributed by atoms with Crippen LogP contribution in [0.5, 0.6) is 0 Å². The monoisotopic (exact) mass is 643 g/mol. The Bertz CT molecular complexity index is 1170. The van der Waals surface area contributed by atoms with Gasteiger partial charge in [0.05, 0.1) is 19.6 Å². The molecular formula is C37H65NO4Si2. The lowest BCUT2D eigenvalue weighted by molar-refractivity contribution is -0.231. The van der Waals surface area contributed by atoms with Crippen LogP contribution in [0.3, 0.4) is 0 Å². The lowest BCUT2D eigenvalue weighted by Gasteiger charge is -2.64. The summed E-state index contributed by atoms with van der Waals surface area (Å²) < 4.78 is 21.6. The molecule has 4 atom stereocenters. The molecule has 5 nitrogen and oxygen atoms in total. The second-order valence-electron chi connectivity index (χ2n) is 18.0. The second kappa shape index (κ2) is 11.9. The number of hydrogen-bond acceptors (Lipinski definition) is 4. The summed E-state index contributed by atoms with van der Waals surface area (Å²) >= 11 is 0. The van der Waals surface area contributed by atoms with Crippen molar-refractivity contribution in [3.63, 3.8) is 0 Å². The van der Waals surface area contributed by atoms with E-state index in [-0.39, 0.29) is 26.8 Å². The molecule has 0 saturated heterocycles. The molecule has 0 aromatic heterocycles. The van der Waals surface area contributed by atoms with Crippen molar-refractivity contribution in [2.75, 3.05) is 27.3 Å². The molecular weight excluding hydrogens is 579 g/mol. The van der Waals surface area contributed by atoms with Crippen LogP contribution in [-0.2, 0) is 18.4 Å². The fraction of sp³-hybridized carbons (Fsp3) is 0.811. The first-order chi connectivity index (χ1) is 20.0. The van der Waals surface area contributed by atoms with Crippen molar-refractivity contribution in [2.24, 2.45) is 22.7 Å². The first-order valence-electron chi connectivity index (χ1n) is 17.3. The van der Waals surface area contributed by atoms with Crippen LogP contribution in [0.15, 0.2) is 34.9 Å². The zero-order chi connectivity index (χ0) is 33.1. The molecule has 0 radical (unpaired) electrons. The van der Waals surface area contributed by atoms with E-state index in [0.29, 0.717) is 31.5 Å². The maximum atomic E-state index is 12.1. The van der Waals surface area contributed by atoms with Gasteiger partial charge < -0.3 is 18.5 Å². The third-order valence-corrected chi connectivity index (χ3v) is 22.0. The molecule has 250 valence electrons. The van der Waals surface area contributed by atoms with Gasteiger partial charge >= 0.3 is 0 Å². The minimum atomic E-state index is -2.19. The van der Waals surface area contributed by atoms with Gasteiger partial charge in [0.2, 0.25) is 5.91 Å². The van der Waals surface area contributed by atoms with E-state index in [9.17, 15) is 4.79 Å². The van der Waals surface area contributed by atoms with Crippen molar-refractivity contribution in [3.05, 3.63) is 34.9 Å². The maximum absolute atomic E-state index is 12.1. The third kappa shape index (κ3) is 6.07. The van der Waals surface area contributed by atoms with Gasteiger partial charge in [-0.1, -0.05) is 84.8 Å². The molecule has 0 unspecified atom stereocenters. The Hall–Kier alpha value is -0.996. The Morgan fingerprint density at radius 1 is 0.932 bits per heavy atom. The van der Waals surface area contributed by atoms with E-state index in [0.717, 1.165) is 38.5 Å². The molecule has 0 heterocycles. The SMILES string of the molecule is CN(C)C(=O)CCOCC1=CC[C@H]2C3=CC=C4CCCC(O[Si](C)(C)C(C)(C)C)(O[Si](C)(C)C(C)(C)C)[C@]4(C)[C@H]3CC[C@]12C. The number of amides is 1. The lowest BCUT2D eigenvalue weighted by atomic mass is 9.49. The summed E-state index contributed by atoms with van der Waals surface area (Å²) in [5.41, 5.74) is 4.45. The first kappa shape index (κ1) is 35.9. The van der Waals surface area contributed by atoms with E-state index in [4.69, 9.17) is 13.6 Å². The molecule has 0 aromatic rings. The Kier molecular flexibility index (Phi) is 9.70. The first-order valence-corrected chi connectivity index (χ1v) is 23.1. The fourth-order valence-electron chi connectivity index (χ4n) is 8.00. The summed E-state index contributed by atoms with van der Waals surface area (Å²) in [4.78, 5) is 13.7.